The number of benzene rings is 2. The summed E-state index contributed by atoms with van der Waals surface area (Å²) in [5.41, 5.74) is 8.75. The number of amides is 2. The van der Waals surface area contributed by atoms with Crippen LogP contribution in [0.15, 0.2) is 48.5 Å². The lowest BCUT2D eigenvalue weighted by molar-refractivity contribution is -0.116. The van der Waals surface area contributed by atoms with Crippen LogP contribution in [0.2, 0.25) is 0 Å². The van der Waals surface area contributed by atoms with Crippen LogP contribution in [-0.4, -0.2) is 19.1 Å². The SMILES string of the molecule is COC(=O)Nc1ccc(NC(=O)CCc2ccccc2N)cc1. The Labute approximate surface area is 134 Å². The van der Waals surface area contributed by atoms with E-state index < -0.39 is 6.09 Å². The Morgan fingerprint density at radius 2 is 1.61 bits per heavy atom. The molecule has 0 aliphatic rings. The average molecular weight is 313 g/mol. The number of rotatable bonds is 5. The molecular weight excluding hydrogens is 294 g/mol. The van der Waals surface area contributed by atoms with E-state index in [9.17, 15) is 9.59 Å². The van der Waals surface area contributed by atoms with Crippen LogP contribution in [0.4, 0.5) is 21.9 Å². The van der Waals surface area contributed by atoms with E-state index in [4.69, 9.17) is 5.73 Å². The lowest BCUT2D eigenvalue weighted by Crippen LogP contribution is -2.13. The number of hydrogen-bond donors (Lipinski definition) is 3. The molecule has 2 rings (SSSR count). The fourth-order valence-corrected chi connectivity index (χ4v) is 2.04. The smallest absolute Gasteiger partial charge is 0.411 e. The molecule has 0 bridgehead atoms. The first-order valence-electron chi connectivity index (χ1n) is 7.17. The quantitative estimate of drug-likeness (QED) is 0.740. The molecule has 120 valence electrons. The Bertz CT molecular complexity index is 684. The van der Waals surface area contributed by atoms with E-state index in [1.807, 2.05) is 24.3 Å². The van der Waals surface area contributed by atoms with Gasteiger partial charge in [-0.25, -0.2) is 4.79 Å². The monoisotopic (exact) mass is 313 g/mol. The van der Waals surface area contributed by atoms with Crippen LogP contribution in [0, 0.1) is 0 Å². The third kappa shape index (κ3) is 5.03. The summed E-state index contributed by atoms with van der Waals surface area (Å²) in [4.78, 5) is 23.0. The molecule has 2 aromatic carbocycles. The molecule has 23 heavy (non-hydrogen) atoms. The third-order valence-corrected chi connectivity index (χ3v) is 3.28. The Morgan fingerprint density at radius 3 is 2.22 bits per heavy atom. The molecule has 6 heteroatoms. The number of carbonyl (C=O) groups excluding carboxylic acids is 2. The summed E-state index contributed by atoms with van der Waals surface area (Å²) in [6.45, 7) is 0. The summed E-state index contributed by atoms with van der Waals surface area (Å²) in [6.07, 6.45) is 0.388. The van der Waals surface area contributed by atoms with Gasteiger partial charge in [0.2, 0.25) is 5.91 Å². The predicted molar refractivity (Wildman–Crippen MR) is 90.3 cm³/mol. The second-order valence-corrected chi connectivity index (χ2v) is 4.94. The topological polar surface area (TPSA) is 93.5 Å². The fourth-order valence-electron chi connectivity index (χ4n) is 2.04. The molecule has 0 unspecified atom stereocenters. The van der Waals surface area contributed by atoms with Gasteiger partial charge < -0.3 is 15.8 Å². The molecule has 0 saturated carbocycles. The van der Waals surface area contributed by atoms with Gasteiger partial charge in [0.15, 0.2) is 0 Å². The van der Waals surface area contributed by atoms with Crippen molar-refractivity contribution >= 4 is 29.1 Å². The van der Waals surface area contributed by atoms with Gasteiger partial charge in [0.1, 0.15) is 0 Å². The standard InChI is InChI=1S/C17H19N3O3/c1-23-17(22)20-14-9-7-13(8-10-14)19-16(21)11-6-12-4-2-3-5-15(12)18/h2-5,7-10H,6,11,18H2,1H3,(H,19,21)(H,20,22). The van der Waals surface area contributed by atoms with Crippen LogP contribution in [0.1, 0.15) is 12.0 Å². The van der Waals surface area contributed by atoms with Crippen molar-refractivity contribution in [3.63, 3.8) is 0 Å². The molecular formula is C17H19N3O3. The molecule has 0 aromatic heterocycles. The van der Waals surface area contributed by atoms with E-state index in [1.165, 1.54) is 7.11 Å². The van der Waals surface area contributed by atoms with E-state index >= 15 is 0 Å². The number of nitrogen functional groups attached to an aromatic ring is 1. The summed E-state index contributed by atoms with van der Waals surface area (Å²) in [7, 11) is 1.30. The van der Waals surface area contributed by atoms with Crippen LogP contribution in [0.3, 0.4) is 0 Å². The molecule has 4 N–H and O–H groups in total. The highest BCUT2D eigenvalue weighted by atomic mass is 16.5. The van der Waals surface area contributed by atoms with Gasteiger partial charge in [-0.1, -0.05) is 18.2 Å². The zero-order valence-electron chi connectivity index (χ0n) is 12.8. The van der Waals surface area contributed by atoms with Crippen molar-refractivity contribution < 1.29 is 14.3 Å². The first-order chi connectivity index (χ1) is 11.1. The number of anilines is 3. The largest absolute Gasteiger partial charge is 0.453 e. The highest BCUT2D eigenvalue weighted by Gasteiger charge is 2.06. The van der Waals surface area contributed by atoms with E-state index in [-0.39, 0.29) is 5.91 Å². The molecule has 0 aliphatic carbocycles. The Morgan fingerprint density at radius 1 is 1.00 bits per heavy atom. The second kappa shape index (κ2) is 7.84. The maximum atomic E-state index is 12.0. The van der Waals surface area contributed by atoms with Gasteiger partial charge in [-0.2, -0.15) is 0 Å². The zero-order valence-corrected chi connectivity index (χ0v) is 12.8. The number of hydrogen-bond acceptors (Lipinski definition) is 4. The number of nitrogens with one attached hydrogen (secondary N) is 2. The van der Waals surface area contributed by atoms with E-state index in [0.29, 0.717) is 29.9 Å². The van der Waals surface area contributed by atoms with E-state index in [0.717, 1.165) is 5.56 Å². The summed E-state index contributed by atoms with van der Waals surface area (Å²) in [5, 5.41) is 5.34. The van der Waals surface area contributed by atoms with Crippen LogP contribution in [-0.2, 0) is 16.0 Å². The zero-order chi connectivity index (χ0) is 16.7. The highest BCUT2D eigenvalue weighted by Crippen LogP contribution is 2.16. The molecule has 0 saturated heterocycles. The van der Waals surface area contributed by atoms with Gasteiger partial charge in [0, 0.05) is 23.5 Å². The lowest BCUT2D eigenvalue weighted by atomic mass is 10.1. The summed E-state index contributed by atoms with van der Waals surface area (Å²) >= 11 is 0. The van der Waals surface area contributed by atoms with Crippen molar-refractivity contribution in [2.24, 2.45) is 0 Å². The van der Waals surface area contributed by atoms with Crippen molar-refractivity contribution in [3.05, 3.63) is 54.1 Å². The minimum absolute atomic E-state index is 0.0954. The lowest BCUT2D eigenvalue weighted by Gasteiger charge is -2.08. The molecule has 6 nitrogen and oxygen atoms in total. The molecule has 0 atom stereocenters. The van der Waals surface area contributed by atoms with Crippen molar-refractivity contribution in [1.82, 2.24) is 0 Å². The number of methoxy groups -OCH3 is 1. The van der Waals surface area contributed by atoms with Crippen LogP contribution >= 0.6 is 0 Å². The van der Waals surface area contributed by atoms with E-state index in [1.54, 1.807) is 24.3 Å². The van der Waals surface area contributed by atoms with Gasteiger partial charge >= 0.3 is 6.09 Å². The molecule has 2 amide bonds. The molecule has 2 aromatic rings. The van der Waals surface area contributed by atoms with Crippen molar-refractivity contribution in [2.45, 2.75) is 12.8 Å². The van der Waals surface area contributed by atoms with Gasteiger partial charge in [0.25, 0.3) is 0 Å². The first-order valence-corrected chi connectivity index (χ1v) is 7.17. The summed E-state index contributed by atoms with van der Waals surface area (Å²) in [6, 6.07) is 14.3. The predicted octanol–water partition coefficient (Wildman–Crippen LogP) is 3.02. The molecule has 0 aliphatic heterocycles. The number of nitrogens with two attached hydrogens (primary N) is 1. The van der Waals surface area contributed by atoms with Gasteiger partial charge in [-0.3, -0.25) is 10.1 Å². The minimum atomic E-state index is -0.540. The number of ether oxygens (including phenoxy) is 1. The van der Waals surface area contributed by atoms with E-state index in [2.05, 4.69) is 15.4 Å². The van der Waals surface area contributed by atoms with Gasteiger partial charge in [0.05, 0.1) is 7.11 Å². The molecule has 0 radical (unpaired) electrons. The van der Waals surface area contributed by atoms with Crippen molar-refractivity contribution in [2.75, 3.05) is 23.5 Å². The number of aryl methyl sites for hydroxylation is 1. The maximum absolute atomic E-state index is 12.0. The summed E-state index contributed by atoms with van der Waals surface area (Å²) in [5.74, 6) is -0.0954. The van der Waals surface area contributed by atoms with Gasteiger partial charge in [-0.15, -0.1) is 0 Å². The number of para-hydroxylation sites is 1. The normalized spacial score (nSPS) is 9.96. The fraction of sp³-hybridized carbons (Fsp3) is 0.176. The van der Waals surface area contributed by atoms with Gasteiger partial charge in [-0.05, 0) is 42.3 Å². The summed E-state index contributed by atoms with van der Waals surface area (Å²) < 4.78 is 4.50. The molecule has 0 spiro atoms. The van der Waals surface area contributed by atoms with Crippen LogP contribution < -0.4 is 16.4 Å². The third-order valence-electron chi connectivity index (χ3n) is 3.28. The Kier molecular flexibility index (Phi) is 5.57. The van der Waals surface area contributed by atoms with Crippen LogP contribution in [0.25, 0.3) is 0 Å². The molecule has 0 fully saturated rings. The molecule has 0 heterocycles. The Hall–Kier alpha value is -3.02. The second-order valence-electron chi connectivity index (χ2n) is 4.94. The maximum Gasteiger partial charge on any atom is 0.411 e. The average Bonchev–Trinajstić information content (AvgIpc) is 2.56. The minimum Gasteiger partial charge on any atom is -0.453 e. The van der Waals surface area contributed by atoms with Crippen molar-refractivity contribution in [3.8, 4) is 0 Å². The van der Waals surface area contributed by atoms with Crippen molar-refractivity contribution in [1.29, 1.82) is 0 Å². The Balaban J connectivity index is 1.85. The number of carbonyl (C=O) groups is 2. The van der Waals surface area contributed by atoms with Crippen LogP contribution in [0.5, 0.6) is 0 Å². The highest BCUT2D eigenvalue weighted by molar-refractivity contribution is 5.91. The first kappa shape index (κ1) is 16.4.